The Labute approximate surface area is 145 Å². The maximum atomic E-state index is 12.2. The van der Waals surface area contributed by atoms with E-state index >= 15 is 0 Å². The second kappa shape index (κ2) is 6.96. The normalized spacial score (nSPS) is 13.6. The zero-order valence-corrected chi connectivity index (χ0v) is 14.3. The lowest BCUT2D eigenvalue weighted by molar-refractivity contribution is 0.0682. The summed E-state index contributed by atoms with van der Waals surface area (Å²) in [5.41, 5.74) is 2.20. The molecule has 1 N–H and O–H groups in total. The molecule has 0 spiro atoms. The Morgan fingerprint density at radius 3 is 2.64 bits per heavy atom. The smallest absolute Gasteiger partial charge is 0.410 e. The molecular weight excluding hydrogens is 322 g/mol. The quantitative estimate of drug-likeness (QED) is 0.923. The zero-order chi connectivity index (χ0) is 18.0. The highest BCUT2D eigenvalue weighted by Crippen LogP contribution is 2.26. The minimum atomic E-state index is -1.09. The van der Waals surface area contributed by atoms with Crippen LogP contribution in [0.5, 0.6) is 0 Å². The first-order valence-electron chi connectivity index (χ1n) is 8.28. The number of aromatic carboxylic acids is 1. The summed E-state index contributed by atoms with van der Waals surface area (Å²) in [5.74, 6) is -0.844. The molecule has 2 heterocycles. The predicted octanol–water partition coefficient (Wildman–Crippen LogP) is 2.72. The van der Waals surface area contributed by atoms with Crippen LogP contribution in [0.1, 0.15) is 35.6 Å². The Morgan fingerprint density at radius 1 is 1.28 bits per heavy atom. The maximum absolute atomic E-state index is 12.2. The van der Waals surface area contributed by atoms with Crippen molar-refractivity contribution in [3.63, 3.8) is 0 Å². The van der Waals surface area contributed by atoms with Gasteiger partial charge in [0.2, 0.25) is 0 Å². The third kappa shape index (κ3) is 3.50. The summed E-state index contributed by atoms with van der Waals surface area (Å²) < 4.78 is 6.92. The molecule has 7 heteroatoms. The molecule has 1 aromatic carbocycles. The Hall–Kier alpha value is -2.83. The summed E-state index contributed by atoms with van der Waals surface area (Å²) in [5, 5.41) is 13.8. The van der Waals surface area contributed by atoms with Crippen molar-refractivity contribution in [2.24, 2.45) is 5.92 Å². The summed E-state index contributed by atoms with van der Waals surface area (Å²) in [7, 11) is 0. The summed E-state index contributed by atoms with van der Waals surface area (Å²) in [6, 6.07) is 9.40. The number of carboxylic acids is 1. The van der Waals surface area contributed by atoms with Gasteiger partial charge in [-0.25, -0.2) is 14.3 Å². The van der Waals surface area contributed by atoms with E-state index in [0.717, 1.165) is 11.4 Å². The lowest BCUT2D eigenvalue weighted by Crippen LogP contribution is -2.37. The number of rotatable bonds is 4. The standard InChI is InChI=1S/C18H21N3O4/c1-12(2)11-25-18(24)20-9-8-15-14(10-20)16(17(22)23)19-21(15)13-6-4-3-5-7-13/h3-7,12H,8-11H2,1-2H3,(H,22,23). The average molecular weight is 343 g/mol. The summed E-state index contributed by atoms with van der Waals surface area (Å²) in [6.07, 6.45) is 0.115. The van der Waals surface area contributed by atoms with Gasteiger partial charge >= 0.3 is 12.1 Å². The van der Waals surface area contributed by atoms with E-state index in [-0.39, 0.29) is 18.2 Å². The van der Waals surface area contributed by atoms with Crippen molar-refractivity contribution in [2.45, 2.75) is 26.8 Å². The van der Waals surface area contributed by atoms with E-state index in [1.165, 1.54) is 4.90 Å². The number of ether oxygens (including phenoxy) is 1. The third-order valence-corrected chi connectivity index (χ3v) is 4.06. The fraction of sp³-hybridized carbons (Fsp3) is 0.389. The van der Waals surface area contributed by atoms with Crippen LogP contribution in [0, 0.1) is 5.92 Å². The van der Waals surface area contributed by atoms with Gasteiger partial charge in [-0.2, -0.15) is 5.10 Å². The molecule has 2 aromatic rings. The fourth-order valence-corrected chi connectivity index (χ4v) is 2.86. The number of carboxylic acid groups (broad SMARTS) is 1. The van der Waals surface area contributed by atoms with E-state index in [4.69, 9.17) is 4.74 Å². The Kier molecular flexibility index (Phi) is 4.74. The van der Waals surface area contributed by atoms with Gasteiger partial charge in [-0.05, 0) is 18.1 Å². The van der Waals surface area contributed by atoms with E-state index in [0.29, 0.717) is 25.1 Å². The van der Waals surface area contributed by atoms with Crippen LogP contribution in [0.25, 0.3) is 5.69 Å². The van der Waals surface area contributed by atoms with Gasteiger partial charge in [0.15, 0.2) is 5.69 Å². The van der Waals surface area contributed by atoms with Crippen molar-refractivity contribution < 1.29 is 19.4 Å². The first-order chi connectivity index (χ1) is 12.0. The Morgan fingerprint density at radius 2 is 2.00 bits per heavy atom. The SMILES string of the molecule is CC(C)COC(=O)N1CCc2c(c(C(=O)O)nn2-c2ccccc2)C1. The number of benzene rings is 1. The van der Waals surface area contributed by atoms with Gasteiger partial charge in [0.25, 0.3) is 0 Å². The van der Waals surface area contributed by atoms with Crippen molar-refractivity contribution in [2.75, 3.05) is 13.2 Å². The van der Waals surface area contributed by atoms with Crippen LogP contribution in [0.2, 0.25) is 0 Å². The predicted molar refractivity (Wildman–Crippen MR) is 90.8 cm³/mol. The molecule has 7 nitrogen and oxygen atoms in total. The number of carbonyl (C=O) groups is 2. The van der Waals surface area contributed by atoms with Crippen LogP contribution >= 0.6 is 0 Å². The van der Waals surface area contributed by atoms with Gasteiger partial charge in [-0.1, -0.05) is 32.0 Å². The molecule has 1 aliphatic rings. The molecule has 132 valence electrons. The molecular formula is C18H21N3O4. The molecule has 0 unspecified atom stereocenters. The van der Waals surface area contributed by atoms with Gasteiger partial charge in [0, 0.05) is 18.5 Å². The van der Waals surface area contributed by atoms with Crippen LogP contribution in [-0.4, -0.2) is 45.0 Å². The second-order valence-electron chi connectivity index (χ2n) is 6.47. The van der Waals surface area contributed by atoms with E-state index in [1.807, 2.05) is 44.2 Å². The van der Waals surface area contributed by atoms with Crippen LogP contribution < -0.4 is 0 Å². The fourth-order valence-electron chi connectivity index (χ4n) is 2.86. The molecule has 1 amide bonds. The molecule has 0 saturated carbocycles. The van der Waals surface area contributed by atoms with Crippen LogP contribution in [0.3, 0.4) is 0 Å². The van der Waals surface area contributed by atoms with E-state index < -0.39 is 12.1 Å². The van der Waals surface area contributed by atoms with Crippen molar-refractivity contribution in [1.29, 1.82) is 0 Å². The molecule has 0 bridgehead atoms. The summed E-state index contributed by atoms with van der Waals surface area (Å²) in [6.45, 7) is 4.95. The highest BCUT2D eigenvalue weighted by atomic mass is 16.6. The number of fused-ring (bicyclic) bond motifs is 1. The molecule has 3 rings (SSSR count). The second-order valence-corrected chi connectivity index (χ2v) is 6.47. The maximum Gasteiger partial charge on any atom is 0.410 e. The van der Waals surface area contributed by atoms with Crippen LogP contribution in [-0.2, 0) is 17.7 Å². The molecule has 0 atom stereocenters. The number of carbonyl (C=O) groups excluding carboxylic acids is 1. The highest BCUT2D eigenvalue weighted by Gasteiger charge is 2.31. The lowest BCUT2D eigenvalue weighted by Gasteiger charge is -2.27. The Balaban J connectivity index is 1.90. The lowest BCUT2D eigenvalue weighted by atomic mass is 10.1. The molecule has 1 aliphatic heterocycles. The van der Waals surface area contributed by atoms with Crippen molar-refractivity contribution in [3.8, 4) is 5.69 Å². The topological polar surface area (TPSA) is 84.7 Å². The van der Waals surface area contributed by atoms with E-state index in [9.17, 15) is 14.7 Å². The van der Waals surface area contributed by atoms with Gasteiger partial charge in [-0.3, -0.25) is 0 Å². The van der Waals surface area contributed by atoms with Crippen LogP contribution in [0.15, 0.2) is 30.3 Å². The average Bonchev–Trinajstić information content (AvgIpc) is 2.99. The van der Waals surface area contributed by atoms with Crippen molar-refractivity contribution in [1.82, 2.24) is 14.7 Å². The number of amides is 1. The molecule has 25 heavy (non-hydrogen) atoms. The first kappa shape index (κ1) is 17.0. The van der Waals surface area contributed by atoms with Gasteiger partial charge < -0.3 is 14.7 Å². The molecule has 0 radical (unpaired) electrons. The molecule has 0 saturated heterocycles. The van der Waals surface area contributed by atoms with Gasteiger partial charge in [-0.15, -0.1) is 0 Å². The van der Waals surface area contributed by atoms with Gasteiger partial charge in [0.1, 0.15) is 0 Å². The summed E-state index contributed by atoms with van der Waals surface area (Å²) >= 11 is 0. The Bertz CT molecular complexity index is 783. The van der Waals surface area contributed by atoms with Crippen molar-refractivity contribution in [3.05, 3.63) is 47.3 Å². The van der Waals surface area contributed by atoms with Crippen molar-refractivity contribution >= 4 is 12.1 Å². The zero-order valence-electron chi connectivity index (χ0n) is 14.3. The number of para-hydroxylation sites is 1. The van der Waals surface area contributed by atoms with Crippen LogP contribution in [0.4, 0.5) is 4.79 Å². The number of hydrogen-bond donors (Lipinski definition) is 1. The van der Waals surface area contributed by atoms with E-state index in [1.54, 1.807) is 4.68 Å². The molecule has 0 fully saturated rings. The number of nitrogens with zero attached hydrogens (tertiary/aromatic N) is 3. The molecule has 0 aliphatic carbocycles. The first-order valence-corrected chi connectivity index (χ1v) is 8.28. The molecule has 1 aromatic heterocycles. The largest absolute Gasteiger partial charge is 0.476 e. The number of aromatic nitrogens is 2. The number of hydrogen-bond acceptors (Lipinski definition) is 4. The minimum Gasteiger partial charge on any atom is -0.476 e. The summed E-state index contributed by atoms with van der Waals surface area (Å²) in [4.78, 5) is 25.3. The minimum absolute atomic E-state index is 0.0137. The highest BCUT2D eigenvalue weighted by molar-refractivity contribution is 5.88. The van der Waals surface area contributed by atoms with Gasteiger partial charge in [0.05, 0.1) is 24.5 Å². The van der Waals surface area contributed by atoms with E-state index in [2.05, 4.69) is 5.10 Å². The third-order valence-electron chi connectivity index (χ3n) is 4.06. The monoisotopic (exact) mass is 343 g/mol.